The SMILES string of the molecule is CCOC(=O)c1ccc(C)c(NC(=O)c2cccc(OC)c2OC)c1. The van der Waals surface area contributed by atoms with E-state index in [1.807, 2.05) is 6.92 Å². The number of benzene rings is 2. The maximum absolute atomic E-state index is 12.7. The fraction of sp³-hybridized carbons (Fsp3) is 0.263. The number of carbonyl (C=O) groups excluding carboxylic acids is 2. The number of nitrogens with one attached hydrogen (secondary N) is 1. The monoisotopic (exact) mass is 343 g/mol. The molecule has 2 rings (SSSR count). The molecule has 2 aromatic rings. The number of amides is 1. The lowest BCUT2D eigenvalue weighted by atomic mass is 10.1. The van der Waals surface area contributed by atoms with Crippen molar-refractivity contribution in [1.82, 2.24) is 0 Å². The lowest BCUT2D eigenvalue weighted by Crippen LogP contribution is -2.15. The van der Waals surface area contributed by atoms with Gasteiger partial charge in [0.15, 0.2) is 11.5 Å². The molecule has 0 aliphatic rings. The van der Waals surface area contributed by atoms with Gasteiger partial charge in [0.2, 0.25) is 0 Å². The molecule has 0 fully saturated rings. The number of hydrogen-bond donors (Lipinski definition) is 1. The molecule has 0 aromatic heterocycles. The molecular formula is C19H21NO5. The molecule has 0 radical (unpaired) electrons. The van der Waals surface area contributed by atoms with Crippen molar-refractivity contribution < 1.29 is 23.8 Å². The molecule has 0 unspecified atom stereocenters. The molecule has 1 N–H and O–H groups in total. The summed E-state index contributed by atoms with van der Waals surface area (Å²) < 4.78 is 15.5. The summed E-state index contributed by atoms with van der Waals surface area (Å²) in [5, 5.41) is 2.81. The van der Waals surface area contributed by atoms with Crippen LogP contribution in [0.2, 0.25) is 0 Å². The van der Waals surface area contributed by atoms with Crippen LogP contribution < -0.4 is 14.8 Å². The minimum Gasteiger partial charge on any atom is -0.493 e. The second-order valence-corrected chi connectivity index (χ2v) is 5.25. The second kappa shape index (κ2) is 8.19. The van der Waals surface area contributed by atoms with Crippen LogP contribution in [-0.2, 0) is 4.74 Å². The van der Waals surface area contributed by atoms with Gasteiger partial charge in [-0.2, -0.15) is 0 Å². The minimum atomic E-state index is -0.433. The molecule has 0 spiro atoms. The van der Waals surface area contributed by atoms with Gasteiger partial charge < -0.3 is 19.5 Å². The average Bonchev–Trinajstić information content (AvgIpc) is 2.62. The average molecular weight is 343 g/mol. The van der Waals surface area contributed by atoms with Crippen LogP contribution in [0.25, 0.3) is 0 Å². The van der Waals surface area contributed by atoms with Crippen molar-refractivity contribution in [2.45, 2.75) is 13.8 Å². The van der Waals surface area contributed by atoms with Gasteiger partial charge in [0.05, 0.1) is 32.0 Å². The Hall–Kier alpha value is -3.02. The summed E-state index contributed by atoms with van der Waals surface area (Å²) in [7, 11) is 2.98. The van der Waals surface area contributed by atoms with Crippen molar-refractivity contribution >= 4 is 17.6 Å². The van der Waals surface area contributed by atoms with E-state index < -0.39 is 5.97 Å². The molecule has 0 aliphatic heterocycles. The smallest absolute Gasteiger partial charge is 0.338 e. The molecule has 2 aromatic carbocycles. The normalized spacial score (nSPS) is 10.1. The third-order valence-electron chi connectivity index (χ3n) is 3.64. The number of anilines is 1. The molecule has 0 saturated heterocycles. The van der Waals surface area contributed by atoms with Crippen LogP contribution in [0.1, 0.15) is 33.2 Å². The summed E-state index contributed by atoms with van der Waals surface area (Å²) in [6.07, 6.45) is 0. The number of hydrogen-bond acceptors (Lipinski definition) is 5. The molecule has 132 valence electrons. The van der Waals surface area contributed by atoms with Crippen molar-refractivity contribution in [2.24, 2.45) is 0 Å². The van der Waals surface area contributed by atoms with E-state index in [1.54, 1.807) is 43.3 Å². The van der Waals surface area contributed by atoms with E-state index in [1.165, 1.54) is 14.2 Å². The Morgan fingerprint density at radius 1 is 1.08 bits per heavy atom. The van der Waals surface area contributed by atoms with E-state index >= 15 is 0 Å². The fourth-order valence-corrected chi connectivity index (χ4v) is 2.35. The summed E-state index contributed by atoms with van der Waals surface area (Å²) >= 11 is 0. The quantitative estimate of drug-likeness (QED) is 0.813. The highest BCUT2D eigenvalue weighted by Crippen LogP contribution is 2.31. The third-order valence-corrected chi connectivity index (χ3v) is 3.64. The zero-order valence-corrected chi connectivity index (χ0v) is 14.7. The summed E-state index contributed by atoms with van der Waals surface area (Å²) in [6.45, 7) is 3.87. The number of aryl methyl sites for hydroxylation is 1. The number of carbonyl (C=O) groups is 2. The van der Waals surface area contributed by atoms with Crippen LogP contribution in [0.4, 0.5) is 5.69 Å². The lowest BCUT2D eigenvalue weighted by Gasteiger charge is -2.14. The molecular weight excluding hydrogens is 322 g/mol. The third kappa shape index (κ3) is 4.09. The summed E-state index contributed by atoms with van der Waals surface area (Å²) in [4.78, 5) is 24.5. The first-order chi connectivity index (χ1) is 12.0. The maximum Gasteiger partial charge on any atom is 0.338 e. The Labute approximate surface area is 146 Å². The van der Waals surface area contributed by atoms with Crippen molar-refractivity contribution in [3.05, 3.63) is 53.1 Å². The van der Waals surface area contributed by atoms with E-state index in [9.17, 15) is 9.59 Å². The first-order valence-electron chi connectivity index (χ1n) is 7.81. The van der Waals surface area contributed by atoms with Crippen LogP contribution in [0, 0.1) is 6.92 Å². The van der Waals surface area contributed by atoms with E-state index in [-0.39, 0.29) is 12.5 Å². The largest absolute Gasteiger partial charge is 0.493 e. The number of esters is 1. The predicted octanol–water partition coefficient (Wildman–Crippen LogP) is 3.44. The van der Waals surface area contributed by atoms with Gasteiger partial charge in [-0.15, -0.1) is 0 Å². The minimum absolute atomic E-state index is 0.287. The molecule has 0 bridgehead atoms. The zero-order chi connectivity index (χ0) is 18.4. The highest BCUT2D eigenvalue weighted by Gasteiger charge is 2.18. The molecule has 6 heteroatoms. The topological polar surface area (TPSA) is 73.9 Å². The van der Waals surface area contributed by atoms with Gasteiger partial charge >= 0.3 is 5.97 Å². The second-order valence-electron chi connectivity index (χ2n) is 5.25. The number of para-hydroxylation sites is 1. The maximum atomic E-state index is 12.7. The van der Waals surface area contributed by atoms with Gasteiger partial charge in [-0.25, -0.2) is 4.79 Å². The molecule has 0 saturated carbocycles. The van der Waals surface area contributed by atoms with E-state index in [0.717, 1.165) is 5.56 Å². The molecule has 0 heterocycles. The Bertz CT molecular complexity index is 785. The van der Waals surface area contributed by atoms with Crippen molar-refractivity contribution in [3.8, 4) is 11.5 Å². The molecule has 25 heavy (non-hydrogen) atoms. The number of rotatable bonds is 6. The molecule has 0 aliphatic carbocycles. The highest BCUT2D eigenvalue weighted by molar-refractivity contribution is 6.07. The van der Waals surface area contributed by atoms with Crippen LogP contribution in [0.15, 0.2) is 36.4 Å². The van der Waals surface area contributed by atoms with Crippen LogP contribution >= 0.6 is 0 Å². The fourth-order valence-electron chi connectivity index (χ4n) is 2.35. The van der Waals surface area contributed by atoms with E-state index in [0.29, 0.717) is 28.3 Å². The summed E-state index contributed by atoms with van der Waals surface area (Å²) in [5.41, 5.74) is 2.06. The standard InChI is InChI=1S/C19H21NO5/c1-5-25-19(22)13-10-9-12(2)15(11-13)20-18(21)14-7-6-8-16(23-3)17(14)24-4/h6-11H,5H2,1-4H3,(H,20,21). The first kappa shape index (κ1) is 18.3. The van der Waals surface area contributed by atoms with Gasteiger partial charge in [0.1, 0.15) is 0 Å². The Morgan fingerprint density at radius 3 is 2.48 bits per heavy atom. The van der Waals surface area contributed by atoms with E-state index in [2.05, 4.69) is 5.32 Å². The first-order valence-corrected chi connectivity index (χ1v) is 7.81. The number of ether oxygens (including phenoxy) is 3. The van der Waals surface area contributed by atoms with Crippen LogP contribution in [0.3, 0.4) is 0 Å². The van der Waals surface area contributed by atoms with Crippen LogP contribution in [-0.4, -0.2) is 32.7 Å². The van der Waals surface area contributed by atoms with Gasteiger partial charge in [-0.05, 0) is 43.7 Å². The Morgan fingerprint density at radius 2 is 1.84 bits per heavy atom. The molecule has 1 amide bonds. The van der Waals surface area contributed by atoms with Gasteiger partial charge in [0, 0.05) is 5.69 Å². The van der Waals surface area contributed by atoms with Crippen molar-refractivity contribution in [3.63, 3.8) is 0 Å². The molecule has 0 atom stereocenters. The van der Waals surface area contributed by atoms with Gasteiger partial charge in [-0.3, -0.25) is 4.79 Å². The van der Waals surface area contributed by atoms with Crippen molar-refractivity contribution in [2.75, 3.05) is 26.1 Å². The molecule has 6 nitrogen and oxygen atoms in total. The lowest BCUT2D eigenvalue weighted by molar-refractivity contribution is 0.0526. The van der Waals surface area contributed by atoms with Crippen LogP contribution in [0.5, 0.6) is 11.5 Å². The van der Waals surface area contributed by atoms with Crippen molar-refractivity contribution in [1.29, 1.82) is 0 Å². The van der Waals surface area contributed by atoms with Gasteiger partial charge in [0.25, 0.3) is 5.91 Å². The predicted molar refractivity (Wildman–Crippen MR) is 94.6 cm³/mol. The Kier molecular flexibility index (Phi) is 6.00. The summed E-state index contributed by atoms with van der Waals surface area (Å²) in [5.74, 6) is 0.0191. The zero-order valence-electron chi connectivity index (χ0n) is 14.7. The van der Waals surface area contributed by atoms with Gasteiger partial charge in [-0.1, -0.05) is 12.1 Å². The highest BCUT2D eigenvalue weighted by atomic mass is 16.5. The van der Waals surface area contributed by atoms with E-state index in [4.69, 9.17) is 14.2 Å². The Balaban J connectivity index is 2.32. The number of methoxy groups -OCH3 is 2. The summed E-state index contributed by atoms with van der Waals surface area (Å²) in [6, 6.07) is 10.1.